The van der Waals surface area contributed by atoms with Crippen LogP contribution in [0.4, 0.5) is 0 Å². The standard InChI is InChI=1S/C19H22N2O4/c1-4-5-15-8-10-20-18(21-15)14-7-6-13(2)17(12-14)25-16(9-11-22)19(23)24-3/h6-10,12,22H,4-5,11H2,1-3H3/b16-9-. The zero-order valence-electron chi connectivity index (χ0n) is 14.7. The number of carbonyl (C=O) groups is 1. The highest BCUT2D eigenvalue weighted by molar-refractivity contribution is 5.86. The van der Waals surface area contributed by atoms with E-state index in [0.717, 1.165) is 29.7 Å². The van der Waals surface area contributed by atoms with Gasteiger partial charge in [0.2, 0.25) is 5.76 Å². The minimum absolute atomic E-state index is 0.0640. The summed E-state index contributed by atoms with van der Waals surface area (Å²) in [6.45, 7) is 3.63. The number of ether oxygens (including phenoxy) is 2. The van der Waals surface area contributed by atoms with Gasteiger partial charge in [-0.3, -0.25) is 0 Å². The first-order chi connectivity index (χ1) is 12.1. The fourth-order valence-corrected chi connectivity index (χ4v) is 2.25. The van der Waals surface area contributed by atoms with E-state index >= 15 is 0 Å². The molecule has 0 saturated heterocycles. The minimum atomic E-state index is -0.653. The molecule has 25 heavy (non-hydrogen) atoms. The Bertz CT molecular complexity index is 772. The van der Waals surface area contributed by atoms with Crippen LogP contribution in [0.5, 0.6) is 5.75 Å². The van der Waals surface area contributed by atoms with Crippen LogP contribution in [0.15, 0.2) is 42.3 Å². The SMILES string of the molecule is CCCc1ccnc(-c2ccc(C)c(O/C(=C\CO)C(=O)OC)c2)n1. The zero-order valence-corrected chi connectivity index (χ0v) is 14.7. The molecule has 132 valence electrons. The summed E-state index contributed by atoms with van der Waals surface area (Å²) in [4.78, 5) is 20.6. The van der Waals surface area contributed by atoms with Gasteiger partial charge in [0, 0.05) is 17.5 Å². The maximum Gasteiger partial charge on any atom is 0.373 e. The van der Waals surface area contributed by atoms with E-state index in [1.165, 1.54) is 13.2 Å². The second-order valence-corrected chi connectivity index (χ2v) is 5.45. The maximum atomic E-state index is 11.7. The van der Waals surface area contributed by atoms with E-state index in [1.807, 2.05) is 25.1 Å². The van der Waals surface area contributed by atoms with E-state index in [4.69, 9.17) is 9.84 Å². The monoisotopic (exact) mass is 342 g/mol. The lowest BCUT2D eigenvalue weighted by Crippen LogP contribution is -2.12. The molecule has 0 fully saturated rings. The van der Waals surface area contributed by atoms with E-state index in [2.05, 4.69) is 21.6 Å². The Morgan fingerprint density at radius 1 is 1.32 bits per heavy atom. The number of carbonyl (C=O) groups excluding carboxylic acids is 1. The summed E-state index contributed by atoms with van der Waals surface area (Å²) in [7, 11) is 1.26. The Kier molecular flexibility index (Phi) is 6.65. The van der Waals surface area contributed by atoms with E-state index in [9.17, 15) is 4.79 Å². The lowest BCUT2D eigenvalue weighted by Gasteiger charge is -2.12. The largest absolute Gasteiger partial charge is 0.463 e. The van der Waals surface area contributed by atoms with Crippen molar-refractivity contribution in [2.45, 2.75) is 26.7 Å². The molecule has 2 aromatic rings. The number of benzene rings is 1. The molecule has 0 unspecified atom stereocenters. The van der Waals surface area contributed by atoms with Crippen molar-refractivity contribution >= 4 is 5.97 Å². The molecule has 0 spiro atoms. The normalized spacial score (nSPS) is 11.3. The van der Waals surface area contributed by atoms with Crippen molar-refractivity contribution in [3.05, 3.63) is 53.6 Å². The molecular weight excluding hydrogens is 320 g/mol. The highest BCUT2D eigenvalue weighted by Gasteiger charge is 2.14. The molecule has 0 saturated carbocycles. The number of hydrogen-bond acceptors (Lipinski definition) is 6. The number of aliphatic hydroxyl groups is 1. The molecule has 1 N–H and O–H groups in total. The maximum absolute atomic E-state index is 11.7. The predicted octanol–water partition coefficient (Wildman–Crippen LogP) is 2.83. The van der Waals surface area contributed by atoms with E-state index in [0.29, 0.717) is 11.6 Å². The van der Waals surface area contributed by atoms with Crippen LogP contribution in [0.3, 0.4) is 0 Å². The average Bonchev–Trinajstić information content (AvgIpc) is 2.63. The van der Waals surface area contributed by atoms with Crippen LogP contribution in [0.25, 0.3) is 11.4 Å². The predicted molar refractivity (Wildman–Crippen MR) is 94.0 cm³/mol. The molecule has 0 aliphatic carbocycles. The quantitative estimate of drug-likeness (QED) is 0.473. The third-order valence-electron chi connectivity index (χ3n) is 3.55. The van der Waals surface area contributed by atoms with Crippen LogP contribution >= 0.6 is 0 Å². The zero-order chi connectivity index (χ0) is 18.2. The first kappa shape index (κ1) is 18.6. The van der Waals surface area contributed by atoms with Gasteiger partial charge >= 0.3 is 5.97 Å². The molecule has 1 aromatic heterocycles. The summed E-state index contributed by atoms with van der Waals surface area (Å²) in [6, 6.07) is 7.45. The Hall–Kier alpha value is -2.73. The number of aliphatic hydroxyl groups excluding tert-OH is 1. The van der Waals surface area contributed by atoms with Crippen molar-refractivity contribution < 1.29 is 19.4 Å². The third kappa shape index (κ3) is 4.87. The van der Waals surface area contributed by atoms with Gasteiger partial charge in [0.05, 0.1) is 13.7 Å². The Morgan fingerprint density at radius 3 is 2.80 bits per heavy atom. The first-order valence-corrected chi connectivity index (χ1v) is 8.09. The van der Waals surface area contributed by atoms with Crippen molar-refractivity contribution in [3.8, 4) is 17.1 Å². The number of esters is 1. The fraction of sp³-hybridized carbons (Fsp3) is 0.316. The van der Waals surface area contributed by atoms with Crippen molar-refractivity contribution in [1.82, 2.24) is 9.97 Å². The summed E-state index contributed by atoms with van der Waals surface area (Å²) >= 11 is 0. The van der Waals surface area contributed by atoms with Crippen molar-refractivity contribution in [1.29, 1.82) is 0 Å². The van der Waals surface area contributed by atoms with Crippen LogP contribution in [0.2, 0.25) is 0 Å². The van der Waals surface area contributed by atoms with Crippen LogP contribution < -0.4 is 4.74 Å². The molecule has 6 nitrogen and oxygen atoms in total. The topological polar surface area (TPSA) is 81.5 Å². The number of aromatic nitrogens is 2. The first-order valence-electron chi connectivity index (χ1n) is 8.09. The van der Waals surface area contributed by atoms with Gasteiger partial charge in [-0.2, -0.15) is 0 Å². The fourth-order valence-electron chi connectivity index (χ4n) is 2.25. The van der Waals surface area contributed by atoms with Crippen molar-refractivity contribution in [2.24, 2.45) is 0 Å². The molecule has 2 rings (SSSR count). The molecule has 0 bridgehead atoms. The minimum Gasteiger partial charge on any atom is -0.463 e. The summed E-state index contributed by atoms with van der Waals surface area (Å²) in [5, 5.41) is 9.06. The van der Waals surface area contributed by atoms with Gasteiger partial charge < -0.3 is 14.6 Å². The van der Waals surface area contributed by atoms with Gasteiger partial charge in [-0.15, -0.1) is 0 Å². The summed E-state index contributed by atoms with van der Waals surface area (Å²) in [5.41, 5.74) is 2.60. The number of hydrogen-bond donors (Lipinski definition) is 1. The summed E-state index contributed by atoms with van der Waals surface area (Å²) in [6.07, 6.45) is 4.89. The highest BCUT2D eigenvalue weighted by atomic mass is 16.6. The Morgan fingerprint density at radius 2 is 2.12 bits per heavy atom. The third-order valence-corrected chi connectivity index (χ3v) is 3.55. The second-order valence-electron chi connectivity index (χ2n) is 5.45. The van der Waals surface area contributed by atoms with Crippen molar-refractivity contribution in [2.75, 3.05) is 13.7 Å². The van der Waals surface area contributed by atoms with Gasteiger partial charge in [-0.05, 0) is 37.1 Å². The van der Waals surface area contributed by atoms with Gasteiger partial charge in [-0.1, -0.05) is 25.5 Å². The van der Waals surface area contributed by atoms with Crippen LogP contribution in [0.1, 0.15) is 24.6 Å². The molecule has 6 heteroatoms. The van der Waals surface area contributed by atoms with E-state index in [1.54, 1.807) is 12.3 Å². The van der Waals surface area contributed by atoms with Gasteiger partial charge in [0.25, 0.3) is 0 Å². The number of nitrogens with zero attached hydrogens (tertiary/aromatic N) is 2. The van der Waals surface area contributed by atoms with Crippen LogP contribution in [0, 0.1) is 6.92 Å². The highest BCUT2D eigenvalue weighted by Crippen LogP contribution is 2.27. The molecule has 0 aliphatic heterocycles. The van der Waals surface area contributed by atoms with Crippen LogP contribution in [-0.4, -0.2) is 34.8 Å². The van der Waals surface area contributed by atoms with Gasteiger partial charge in [-0.25, -0.2) is 14.8 Å². The molecule has 0 amide bonds. The average molecular weight is 342 g/mol. The molecule has 1 aromatic carbocycles. The Balaban J connectivity index is 2.35. The smallest absolute Gasteiger partial charge is 0.373 e. The summed E-state index contributed by atoms with van der Waals surface area (Å²) < 4.78 is 10.3. The molecule has 1 heterocycles. The Labute approximate surface area is 147 Å². The lowest BCUT2D eigenvalue weighted by molar-refractivity contribution is -0.138. The number of rotatable bonds is 7. The molecule has 0 radical (unpaired) electrons. The van der Waals surface area contributed by atoms with Gasteiger partial charge in [0.15, 0.2) is 5.82 Å². The number of aryl methyl sites for hydroxylation is 2. The second kappa shape index (κ2) is 8.94. The molecule has 0 atom stereocenters. The van der Waals surface area contributed by atoms with E-state index < -0.39 is 5.97 Å². The van der Waals surface area contributed by atoms with Crippen LogP contribution in [-0.2, 0) is 16.0 Å². The molecular formula is C19H22N2O4. The van der Waals surface area contributed by atoms with E-state index in [-0.39, 0.29) is 12.4 Å². The number of methoxy groups -OCH3 is 1. The lowest BCUT2D eigenvalue weighted by atomic mass is 10.1. The van der Waals surface area contributed by atoms with Gasteiger partial charge in [0.1, 0.15) is 5.75 Å². The van der Waals surface area contributed by atoms with Crippen molar-refractivity contribution in [3.63, 3.8) is 0 Å². The summed E-state index contributed by atoms with van der Waals surface area (Å²) in [5.74, 6) is 0.361. The molecule has 0 aliphatic rings.